The van der Waals surface area contributed by atoms with E-state index in [-0.39, 0.29) is 11.4 Å². The third kappa shape index (κ3) is 2.14. The van der Waals surface area contributed by atoms with Crippen molar-refractivity contribution in [1.82, 2.24) is 0 Å². The van der Waals surface area contributed by atoms with Crippen molar-refractivity contribution in [3.05, 3.63) is 38.7 Å². The Balaban J connectivity index is 2.14. The van der Waals surface area contributed by atoms with Crippen LogP contribution in [0.4, 0.5) is 0 Å². The zero-order valence-electron chi connectivity index (χ0n) is 10.4. The second kappa shape index (κ2) is 4.83. The smallest absolute Gasteiger partial charge is 0.341 e. The molecule has 6 heteroatoms. The fourth-order valence-electron chi connectivity index (χ4n) is 2.53. The van der Waals surface area contributed by atoms with Crippen molar-refractivity contribution in [2.45, 2.75) is 19.3 Å². The largest absolute Gasteiger partial charge is 0.480 e. The van der Waals surface area contributed by atoms with Gasteiger partial charge in [0.05, 0.1) is 5.02 Å². The highest BCUT2D eigenvalue weighted by molar-refractivity contribution is 6.32. The van der Waals surface area contributed by atoms with E-state index in [0.29, 0.717) is 16.2 Å². The number of hydrogen-bond acceptors (Lipinski definition) is 4. The minimum absolute atomic E-state index is 0.197. The first kappa shape index (κ1) is 13.0. The minimum Gasteiger partial charge on any atom is -0.480 e. The van der Waals surface area contributed by atoms with Crippen LogP contribution in [0, 0.1) is 0 Å². The summed E-state index contributed by atoms with van der Waals surface area (Å²) in [5.41, 5.74) is 1.73. The molecule has 3 rings (SSSR count). The van der Waals surface area contributed by atoms with E-state index in [0.717, 1.165) is 30.2 Å². The lowest BCUT2D eigenvalue weighted by Crippen LogP contribution is -2.10. The van der Waals surface area contributed by atoms with Crippen LogP contribution in [0.25, 0.3) is 11.0 Å². The molecule has 1 heterocycles. The van der Waals surface area contributed by atoms with Crippen molar-refractivity contribution in [3.63, 3.8) is 0 Å². The maximum atomic E-state index is 11.9. The maximum absolute atomic E-state index is 11.9. The summed E-state index contributed by atoms with van der Waals surface area (Å²) in [5, 5.41) is 9.71. The molecule has 1 N–H and O–H groups in total. The second-order valence-corrected chi connectivity index (χ2v) is 5.07. The molecule has 1 aliphatic rings. The molecule has 0 spiro atoms. The number of aliphatic carboxylic acids is 1. The van der Waals surface area contributed by atoms with Crippen molar-refractivity contribution in [3.8, 4) is 5.75 Å². The molecule has 0 fully saturated rings. The van der Waals surface area contributed by atoms with Gasteiger partial charge in [-0.3, -0.25) is 0 Å². The standard InChI is InChI=1S/C14H11ClO5/c15-10-4-9-7-2-1-3-8(7)14(18)20-11(9)5-12(10)19-6-13(16)17/h4-5H,1-3,6H2,(H,16,17). The number of carboxylic acid groups (broad SMARTS) is 1. The van der Waals surface area contributed by atoms with Crippen LogP contribution in [0.15, 0.2) is 21.3 Å². The molecule has 0 amide bonds. The van der Waals surface area contributed by atoms with Crippen LogP contribution in [0.1, 0.15) is 17.5 Å². The summed E-state index contributed by atoms with van der Waals surface area (Å²) < 4.78 is 10.3. The lowest BCUT2D eigenvalue weighted by atomic mass is 10.1. The Kier molecular flexibility index (Phi) is 3.14. The summed E-state index contributed by atoms with van der Waals surface area (Å²) in [7, 11) is 0. The molecule has 0 radical (unpaired) electrons. The molecule has 0 atom stereocenters. The molecular formula is C14H11ClO5. The van der Waals surface area contributed by atoms with Crippen LogP contribution >= 0.6 is 11.6 Å². The highest BCUT2D eigenvalue weighted by Crippen LogP contribution is 2.34. The average molecular weight is 295 g/mol. The van der Waals surface area contributed by atoms with Gasteiger partial charge in [-0.2, -0.15) is 0 Å². The Labute approximate surface area is 118 Å². The quantitative estimate of drug-likeness (QED) is 0.880. The lowest BCUT2D eigenvalue weighted by Gasteiger charge is -2.09. The van der Waals surface area contributed by atoms with Gasteiger partial charge < -0.3 is 14.3 Å². The van der Waals surface area contributed by atoms with Crippen molar-refractivity contribution >= 4 is 28.5 Å². The first-order valence-corrected chi connectivity index (χ1v) is 6.57. The number of rotatable bonds is 3. The fourth-order valence-corrected chi connectivity index (χ4v) is 2.75. The van der Waals surface area contributed by atoms with Crippen molar-refractivity contribution in [2.75, 3.05) is 6.61 Å². The molecule has 0 saturated heterocycles. The van der Waals surface area contributed by atoms with Gasteiger partial charge in [0.1, 0.15) is 11.3 Å². The average Bonchev–Trinajstić information content (AvgIpc) is 2.87. The molecule has 1 aromatic carbocycles. The topological polar surface area (TPSA) is 76.7 Å². The summed E-state index contributed by atoms with van der Waals surface area (Å²) in [5.74, 6) is -0.903. The van der Waals surface area contributed by atoms with Crippen LogP contribution < -0.4 is 10.4 Å². The van der Waals surface area contributed by atoms with Crippen LogP contribution in [0.5, 0.6) is 5.75 Å². The molecule has 20 heavy (non-hydrogen) atoms. The van der Waals surface area contributed by atoms with E-state index in [1.807, 2.05) is 0 Å². The molecule has 1 aliphatic carbocycles. The van der Waals surface area contributed by atoms with E-state index in [2.05, 4.69) is 0 Å². The highest BCUT2D eigenvalue weighted by Gasteiger charge is 2.20. The first-order valence-electron chi connectivity index (χ1n) is 6.19. The van der Waals surface area contributed by atoms with Crippen molar-refractivity contribution < 1.29 is 19.1 Å². The Hall–Kier alpha value is -2.01. The predicted octanol–water partition coefficient (Wildman–Crippen LogP) is 2.40. The van der Waals surface area contributed by atoms with Gasteiger partial charge in [0.15, 0.2) is 6.61 Å². The van der Waals surface area contributed by atoms with E-state index in [9.17, 15) is 9.59 Å². The SMILES string of the molecule is O=C(O)COc1cc2oc(=O)c3c(c2cc1Cl)CCC3. The summed E-state index contributed by atoms with van der Waals surface area (Å²) in [6.45, 7) is -0.500. The number of carbonyl (C=O) groups is 1. The van der Waals surface area contributed by atoms with E-state index in [1.165, 1.54) is 6.07 Å². The zero-order valence-corrected chi connectivity index (χ0v) is 11.2. The van der Waals surface area contributed by atoms with Gasteiger partial charge in [-0.15, -0.1) is 0 Å². The van der Waals surface area contributed by atoms with Crippen LogP contribution in [0.3, 0.4) is 0 Å². The third-order valence-electron chi connectivity index (χ3n) is 3.38. The Morgan fingerprint density at radius 1 is 1.35 bits per heavy atom. The normalized spacial score (nSPS) is 13.4. The van der Waals surface area contributed by atoms with Crippen LogP contribution in [0.2, 0.25) is 5.02 Å². The van der Waals surface area contributed by atoms with E-state index in [1.54, 1.807) is 6.07 Å². The molecular weight excluding hydrogens is 284 g/mol. The highest BCUT2D eigenvalue weighted by atomic mass is 35.5. The van der Waals surface area contributed by atoms with Gasteiger partial charge in [-0.25, -0.2) is 9.59 Å². The van der Waals surface area contributed by atoms with Gasteiger partial charge in [0.2, 0.25) is 0 Å². The Bertz CT molecular complexity index is 762. The number of halogens is 1. The minimum atomic E-state index is -1.10. The molecule has 5 nitrogen and oxygen atoms in total. The van der Waals surface area contributed by atoms with Gasteiger partial charge in [-0.1, -0.05) is 11.6 Å². The zero-order chi connectivity index (χ0) is 14.3. The van der Waals surface area contributed by atoms with E-state index in [4.69, 9.17) is 25.9 Å². The summed E-state index contributed by atoms with van der Waals surface area (Å²) in [6.07, 6.45) is 2.47. The van der Waals surface area contributed by atoms with E-state index < -0.39 is 12.6 Å². The molecule has 104 valence electrons. The molecule has 0 bridgehead atoms. The summed E-state index contributed by atoms with van der Waals surface area (Å²) >= 11 is 6.09. The summed E-state index contributed by atoms with van der Waals surface area (Å²) in [4.78, 5) is 22.4. The first-order chi connectivity index (χ1) is 9.56. The van der Waals surface area contributed by atoms with Gasteiger partial charge in [0, 0.05) is 17.0 Å². The Morgan fingerprint density at radius 3 is 2.85 bits per heavy atom. The monoisotopic (exact) mass is 294 g/mol. The molecule has 2 aromatic rings. The lowest BCUT2D eigenvalue weighted by molar-refractivity contribution is -0.139. The predicted molar refractivity (Wildman–Crippen MR) is 72.6 cm³/mol. The summed E-state index contributed by atoms with van der Waals surface area (Å²) in [6, 6.07) is 3.14. The van der Waals surface area contributed by atoms with Gasteiger partial charge in [0.25, 0.3) is 0 Å². The van der Waals surface area contributed by atoms with E-state index >= 15 is 0 Å². The number of carboxylic acids is 1. The van der Waals surface area contributed by atoms with Crippen molar-refractivity contribution in [2.24, 2.45) is 0 Å². The molecule has 0 aliphatic heterocycles. The number of hydrogen-bond donors (Lipinski definition) is 1. The van der Waals surface area contributed by atoms with Crippen LogP contribution in [-0.2, 0) is 17.6 Å². The third-order valence-corrected chi connectivity index (χ3v) is 3.67. The molecule has 0 saturated carbocycles. The fraction of sp³-hybridized carbons (Fsp3) is 0.286. The Morgan fingerprint density at radius 2 is 2.10 bits per heavy atom. The maximum Gasteiger partial charge on any atom is 0.341 e. The van der Waals surface area contributed by atoms with Crippen molar-refractivity contribution in [1.29, 1.82) is 0 Å². The number of fused-ring (bicyclic) bond motifs is 3. The van der Waals surface area contributed by atoms with Gasteiger partial charge >= 0.3 is 11.6 Å². The number of benzene rings is 1. The molecule has 0 unspecified atom stereocenters. The molecule has 1 aromatic heterocycles. The number of ether oxygens (including phenoxy) is 1. The van der Waals surface area contributed by atoms with Crippen LogP contribution in [-0.4, -0.2) is 17.7 Å². The number of aryl methyl sites for hydroxylation is 1. The second-order valence-electron chi connectivity index (χ2n) is 4.66. The van der Waals surface area contributed by atoms with Gasteiger partial charge in [-0.05, 0) is 30.9 Å².